The zero-order valence-electron chi connectivity index (χ0n) is 14.8. The first-order valence-corrected chi connectivity index (χ1v) is 8.79. The van der Waals surface area contributed by atoms with Crippen molar-refractivity contribution in [1.29, 1.82) is 0 Å². The fourth-order valence-corrected chi connectivity index (χ4v) is 3.05. The van der Waals surface area contributed by atoms with Gasteiger partial charge in [0.25, 0.3) is 5.91 Å². The Morgan fingerprint density at radius 1 is 1.11 bits per heavy atom. The smallest absolute Gasteiger partial charge is 0.272 e. The molecule has 0 aliphatic heterocycles. The van der Waals surface area contributed by atoms with E-state index < -0.39 is 0 Å². The van der Waals surface area contributed by atoms with Crippen molar-refractivity contribution in [1.82, 2.24) is 10.4 Å². The lowest BCUT2D eigenvalue weighted by Crippen LogP contribution is -2.20. The third-order valence-corrected chi connectivity index (χ3v) is 4.67. The topological polar surface area (TPSA) is 94.8 Å². The molecule has 1 aliphatic carbocycles. The number of benzene rings is 2. The Balaban J connectivity index is 1.64. The number of nitrogens with one attached hydrogen (secondary N) is 1. The third kappa shape index (κ3) is 3.46. The summed E-state index contributed by atoms with van der Waals surface area (Å²) >= 11 is 0. The number of carbonyl (C=O) groups excluding carboxylic acids is 1. The van der Waals surface area contributed by atoms with Crippen LogP contribution in [-0.4, -0.2) is 26.8 Å². The molecule has 27 heavy (non-hydrogen) atoms. The van der Waals surface area contributed by atoms with Crippen LogP contribution in [0.3, 0.4) is 0 Å². The lowest BCUT2D eigenvalue weighted by atomic mass is 10.1. The first-order chi connectivity index (χ1) is 13.0. The van der Waals surface area contributed by atoms with Crippen molar-refractivity contribution in [3.05, 3.63) is 65.4 Å². The van der Waals surface area contributed by atoms with Crippen LogP contribution in [0.1, 0.15) is 47.3 Å². The molecular weight excluding hydrogens is 342 g/mol. The molecule has 1 amide bonds. The molecule has 0 radical (unpaired) electrons. The van der Waals surface area contributed by atoms with Gasteiger partial charge in [0, 0.05) is 28.6 Å². The van der Waals surface area contributed by atoms with Crippen LogP contribution in [0.2, 0.25) is 0 Å². The van der Waals surface area contributed by atoms with Gasteiger partial charge in [0.2, 0.25) is 0 Å². The number of para-hydroxylation sites is 1. The Hall–Kier alpha value is -3.41. The predicted molar refractivity (Wildman–Crippen MR) is 103 cm³/mol. The average molecular weight is 361 g/mol. The second-order valence-electron chi connectivity index (χ2n) is 6.73. The molecule has 1 heterocycles. The van der Waals surface area contributed by atoms with Crippen LogP contribution in [-0.2, 0) is 0 Å². The van der Waals surface area contributed by atoms with Crippen LogP contribution >= 0.6 is 0 Å². The van der Waals surface area contributed by atoms with Crippen molar-refractivity contribution >= 4 is 22.5 Å². The molecule has 3 N–H and O–H groups in total. The molecule has 2 aromatic carbocycles. The quantitative estimate of drug-likeness (QED) is 0.488. The number of rotatable bonds is 4. The van der Waals surface area contributed by atoms with E-state index in [1.807, 2.05) is 30.3 Å². The second-order valence-corrected chi connectivity index (χ2v) is 6.73. The minimum atomic E-state index is -0.326. The lowest BCUT2D eigenvalue weighted by Gasteiger charge is -2.09. The number of amides is 1. The van der Waals surface area contributed by atoms with Gasteiger partial charge in [0.1, 0.15) is 11.5 Å². The van der Waals surface area contributed by atoms with Gasteiger partial charge >= 0.3 is 0 Å². The molecular formula is C21H19N3O3. The highest BCUT2D eigenvalue weighted by molar-refractivity contribution is 6.07. The molecule has 1 saturated carbocycles. The Labute approximate surface area is 156 Å². The highest BCUT2D eigenvalue weighted by Gasteiger charge is 2.26. The number of carbonyl (C=O) groups is 1. The van der Waals surface area contributed by atoms with Crippen LogP contribution in [0.4, 0.5) is 0 Å². The summed E-state index contributed by atoms with van der Waals surface area (Å²) < 4.78 is 0. The Bertz CT molecular complexity index is 1070. The monoisotopic (exact) mass is 361 g/mol. The molecule has 0 unspecified atom stereocenters. The van der Waals surface area contributed by atoms with Gasteiger partial charge in [-0.1, -0.05) is 18.2 Å². The molecule has 6 heteroatoms. The molecule has 6 nitrogen and oxygen atoms in total. The number of aromatic nitrogens is 1. The van der Waals surface area contributed by atoms with Gasteiger partial charge in [0.15, 0.2) is 0 Å². The van der Waals surface area contributed by atoms with Crippen molar-refractivity contribution in [2.45, 2.75) is 25.7 Å². The SMILES string of the molecule is C/C(=N\NC(=O)c1cc(C2CC2)nc2ccccc12)c1ccc(O)cc1O. The van der Waals surface area contributed by atoms with Crippen molar-refractivity contribution in [3.63, 3.8) is 0 Å². The number of phenolic OH excluding ortho intramolecular Hbond substituents is 2. The van der Waals surface area contributed by atoms with Crippen LogP contribution < -0.4 is 5.43 Å². The van der Waals surface area contributed by atoms with E-state index in [1.165, 1.54) is 12.1 Å². The van der Waals surface area contributed by atoms with Crippen molar-refractivity contribution < 1.29 is 15.0 Å². The molecule has 4 rings (SSSR count). The van der Waals surface area contributed by atoms with Crippen LogP contribution in [0.15, 0.2) is 53.6 Å². The number of phenols is 2. The predicted octanol–water partition coefficient (Wildman–Crippen LogP) is 3.68. The highest BCUT2D eigenvalue weighted by Crippen LogP contribution is 2.40. The fourth-order valence-electron chi connectivity index (χ4n) is 3.05. The number of fused-ring (bicyclic) bond motifs is 1. The van der Waals surface area contributed by atoms with E-state index in [4.69, 9.17) is 0 Å². The lowest BCUT2D eigenvalue weighted by molar-refractivity contribution is 0.0956. The molecule has 0 atom stereocenters. The minimum absolute atomic E-state index is 0.0380. The molecule has 0 saturated heterocycles. The number of hydrogen-bond acceptors (Lipinski definition) is 5. The van der Waals surface area contributed by atoms with Crippen LogP contribution in [0, 0.1) is 0 Å². The second kappa shape index (κ2) is 6.72. The molecule has 1 aliphatic rings. The molecule has 0 spiro atoms. The molecule has 3 aromatic rings. The number of pyridine rings is 1. The third-order valence-electron chi connectivity index (χ3n) is 4.67. The zero-order valence-corrected chi connectivity index (χ0v) is 14.8. The number of nitrogens with zero attached hydrogens (tertiary/aromatic N) is 2. The first kappa shape index (κ1) is 17.0. The maximum Gasteiger partial charge on any atom is 0.272 e. The average Bonchev–Trinajstić information content (AvgIpc) is 3.50. The molecule has 0 bridgehead atoms. The van der Waals surface area contributed by atoms with Gasteiger partial charge in [-0.25, -0.2) is 5.43 Å². The summed E-state index contributed by atoms with van der Waals surface area (Å²) in [6.45, 7) is 1.67. The van der Waals surface area contributed by atoms with E-state index in [9.17, 15) is 15.0 Å². The number of hydrogen-bond donors (Lipinski definition) is 3. The highest BCUT2D eigenvalue weighted by atomic mass is 16.3. The van der Waals surface area contributed by atoms with E-state index in [-0.39, 0.29) is 17.4 Å². The normalized spacial score (nSPS) is 14.3. The maximum atomic E-state index is 12.8. The summed E-state index contributed by atoms with van der Waals surface area (Å²) in [6, 6.07) is 13.6. The Morgan fingerprint density at radius 2 is 1.89 bits per heavy atom. The molecule has 1 fully saturated rings. The Kier molecular flexibility index (Phi) is 4.24. The summed E-state index contributed by atoms with van der Waals surface area (Å²) in [5.41, 5.74) is 5.71. The van der Waals surface area contributed by atoms with Gasteiger partial charge in [-0.15, -0.1) is 0 Å². The van der Waals surface area contributed by atoms with Crippen molar-refractivity contribution in [2.24, 2.45) is 5.10 Å². The summed E-state index contributed by atoms with van der Waals surface area (Å²) in [5.74, 6) is -0.0340. The number of aromatic hydroxyl groups is 2. The van der Waals surface area contributed by atoms with Gasteiger partial charge in [-0.3, -0.25) is 9.78 Å². The number of hydrazone groups is 1. The largest absolute Gasteiger partial charge is 0.508 e. The van der Waals surface area contributed by atoms with Gasteiger partial charge in [-0.05, 0) is 44.0 Å². The van der Waals surface area contributed by atoms with Crippen LogP contribution in [0.25, 0.3) is 10.9 Å². The van der Waals surface area contributed by atoms with Crippen molar-refractivity contribution in [2.75, 3.05) is 0 Å². The minimum Gasteiger partial charge on any atom is -0.508 e. The summed E-state index contributed by atoms with van der Waals surface area (Å²) in [7, 11) is 0. The van der Waals surface area contributed by atoms with E-state index in [0.717, 1.165) is 29.4 Å². The Morgan fingerprint density at radius 3 is 2.63 bits per heavy atom. The van der Waals surface area contributed by atoms with Crippen molar-refractivity contribution in [3.8, 4) is 11.5 Å². The summed E-state index contributed by atoms with van der Waals surface area (Å²) in [4.78, 5) is 17.5. The zero-order chi connectivity index (χ0) is 19.0. The first-order valence-electron chi connectivity index (χ1n) is 8.79. The summed E-state index contributed by atoms with van der Waals surface area (Å²) in [6.07, 6.45) is 2.20. The van der Waals surface area contributed by atoms with E-state index >= 15 is 0 Å². The fraction of sp³-hybridized carbons (Fsp3) is 0.190. The molecule has 136 valence electrons. The standard InChI is InChI=1S/C21H19N3O3/c1-12(15-9-8-14(25)10-20(15)26)23-24-21(27)17-11-19(13-6-7-13)22-18-5-3-2-4-16(17)18/h2-5,8-11,13,25-26H,6-7H2,1H3,(H,24,27)/b23-12+. The van der Waals surface area contributed by atoms with Gasteiger partial charge in [-0.2, -0.15) is 5.10 Å². The van der Waals surface area contributed by atoms with E-state index in [0.29, 0.717) is 22.8 Å². The van der Waals surface area contributed by atoms with E-state index in [2.05, 4.69) is 15.5 Å². The van der Waals surface area contributed by atoms with Gasteiger partial charge in [0.05, 0.1) is 16.8 Å². The van der Waals surface area contributed by atoms with Gasteiger partial charge < -0.3 is 10.2 Å². The summed E-state index contributed by atoms with van der Waals surface area (Å²) in [5, 5.41) is 24.2. The van der Waals surface area contributed by atoms with E-state index in [1.54, 1.807) is 13.0 Å². The maximum absolute atomic E-state index is 12.8. The molecule has 1 aromatic heterocycles. The van der Waals surface area contributed by atoms with Crippen LogP contribution in [0.5, 0.6) is 11.5 Å².